The Morgan fingerprint density at radius 1 is 1.45 bits per heavy atom. The molecule has 1 heterocycles. The Hall–Kier alpha value is -2.41. The second-order valence-corrected chi connectivity index (χ2v) is 4.56. The minimum absolute atomic E-state index is 0.157. The highest BCUT2D eigenvalue weighted by Gasteiger charge is 2.12. The van der Waals surface area contributed by atoms with Crippen molar-refractivity contribution in [3.8, 4) is 5.75 Å². The molecule has 0 spiro atoms. The van der Waals surface area contributed by atoms with Gasteiger partial charge in [0.2, 0.25) is 5.82 Å². The fraction of sp³-hybridized carbons (Fsp3) is 0.308. The van der Waals surface area contributed by atoms with Gasteiger partial charge < -0.3 is 15.0 Å². The van der Waals surface area contributed by atoms with E-state index in [1.54, 1.807) is 7.11 Å². The molecule has 0 aliphatic rings. The van der Waals surface area contributed by atoms with Crippen molar-refractivity contribution in [3.05, 3.63) is 35.9 Å². The second kappa shape index (κ2) is 6.16. The van der Waals surface area contributed by atoms with Crippen molar-refractivity contribution in [3.63, 3.8) is 0 Å². The first kappa shape index (κ1) is 14.0. The molecule has 2 aromatic rings. The molecule has 1 aromatic carbocycles. The molecule has 0 aliphatic carbocycles. The van der Waals surface area contributed by atoms with Gasteiger partial charge in [0.15, 0.2) is 0 Å². The molecule has 0 atom stereocenters. The Bertz CT molecular complexity index is 580. The van der Waals surface area contributed by atoms with Crippen LogP contribution in [0.3, 0.4) is 0 Å². The Balaban J connectivity index is 2.22. The van der Waals surface area contributed by atoms with Gasteiger partial charge in [-0.1, -0.05) is 6.07 Å². The third kappa shape index (κ3) is 3.33. The first-order chi connectivity index (χ1) is 9.60. The average Bonchev–Trinajstić information content (AvgIpc) is 2.92. The summed E-state index contributed by atoms with van der Waals surface area (Å²) in [5.41, 5.74) is 1.68. The number of amides is 1. The minimum atomic E-state index is -0.359. The lowest BCUT2D eigenvalue weighted by Gasteiger charge is -2.14. The normalized spacial score (nSPS) is 10.6. The number of nitrogens with one attached hydrogen (secondary N) is 2. The molecule has 7 nitrogen and oxygen atoms in total. The second-order valence-electron chi connectivity index (χ2n) is 4.56. The summed E-state index contributed by atoms with van der Waals surface area (Å²) < 4.78 is 5.25. The maximum absolute atomic E-state index is 12.0. The fourth-order valence-electron chi connectivity index (χ4n) is 1.81. The van der Waals surface area contributed by atoms with Gasteiger partial charge in [0.05, 0.1) is 12.8 Å². The molecular formula is C13H17N5O2. The van der Waals surface area contributed by atoms with Crippen LogP contribution in [0.25, 0.3) is 0 Å². The van der Waals surface area contributed by atoms with Crippen LogP contribution in [0.5, 0.6) is 5.75 Å². The number of nitrogens with zero attached hydrogens (tertiary/aromatic N) is 3. The lowest BCUT2D eigenvalue weighted by molar-refractivity contribution is 0.101. The van der Waals surface area contributed by atoms with E-state index in [1.165, 1.54) is 6.33 Å². The molecular weight excluding hydrogens is 258 g/mol. The lowest BCUT2D eigenvalue weighted by Crippen LogP contribution is -2.15. The van der Waals surface area contributed by atoms with Gasteiger partial charge in [0.1, 0.15) is 12.1 Å². The van der Waals surface area contributed by atoms with Crippen LogP contribution < -0.4 is 10.1 Å². The maximum atomic E-state index is 12.0. The zero-order valence-corrected chi connectivity index (χ0v) is 11.7. The van der Waals surface area contributed by atoms with Gasteiger partial charge in [-0.2, -0.15) is 5.10 Å². The summed E-state index contributed by atoms with van der Waals surface area (Å²) in [4.78, 5) is 17.8. The first-order valence-electron chi connectivity index (χ1n) is 6.08. The molecule has 1 aromatic heterocycles. The van der Waals surface area contributed by atoms with E-state index in [9.17, 15) is 4.79 Å². The molecule has 0 unspecified atom stereocenters. The monoisotopic (exact) mass is 275 g/mol. The van der Waals surface area contributed by atoms with Gasteiger partial charge >= 0.3 is 0 Å². The summed E-state index contributed by atoms with van der Waals surface area (Å²) in [6.45, 7) is 0.773. The van der Waals surface area contributed by atoms with Crippen LogP contribution in [-0.2, 0) is 6.54 Å². The SMILES string of the molecule is COc1ccc(CN(C)C)cc1NC(=O)c1ncn[nH]1. The summed E-state index contributed by atoms with van der Waals surface area (Å²) in [5, 5.41) is 8.93. The number of hydrogen-bond acceptors (Lipinski definition) is 5. The van der Waals surface area contributed by atoms with E-state index in [0.717, 1.165) is 12.1 Å². The van der Waals surface area contributed by atoms with Crippen molar-refractivity contribution in [2.24, 2.45) is 0 Å². The van der Waals surface area contributed by atoms with Crippen molar-refractivity contribution in [2.45, 2.75) is 6.54 Å². The molecule has 2 N–H and O–H groups in total. The number of ether oxygens (including phenoxy) is 1. The van der Waals surface area contributed by atoms with Gasteiger partial charge in [-0.25, -0.2) is 4.98 Å². The van der Waals surface area contributed by atoms with Gasteiger partial charge in [0, 0.05) is 6.54 Å². The smallest absolute Gasteiger partial charge is 0.293 e. The minimum Gasteiger partial charge on any atom is -0.495 e. The Morgan fingerprint density at radius 2 is 2.25 bits per heavy atom. The van der Waals surface area contributed by atoms with Crippen molar-refractivity contribution in [2.75, 3.05) is 26.5 Å². The van der Waals surface area contributed by atoms with E-state index in [4.69, 9.17) is 4.74 Å². The molecule has 2 rings (SSSR count). The van der Waals surface area contributed by atoms with E-state index in [0.29, 0.717) is 11.4 Å². The molecule has 0 radical (unpaired) electrons. The number of rotatable bonds is 5. The van der Waals surface area contributed by atoms with E-state index in [-0.39, 0.29) is 11.7 Å². The third-order valence-electron chi connectivity index (χ3n) is 2.64. The Kier molecular flexibility index (Phi) is 4.31. The molecule has 0 saturated carbocycles. The highest BCUT2D eigenvalue weighted by atomic mass is 16.5. The third-order valence-corrected chi connectivity index (χ3v) is 2.64. The molecule has 20 heavy (non-hydrogen) atoms. The van der Waals surface area contributed by atoms with Gasteiger partial charge in [-0.15, -0.1) is 0 Å². The summed E-state index contributed by atoms with van der Waals surface area (Å²) in [5.74, 6) is 0.397. The fourth-order valence-corrected chi connectivity index (χ4v) is 1.81. The number of aromatic amines is 1. The average molecular weight is 275 g/mol. The lowest BCUT2D eigenvalue weighted by atomic mass is 10.1. The standard InChI is InChI=1S/C13H17N5O2/c1-18(2)7-9-4-5-11(20-3)10(6-9)16-13(19)12-14-8-15-17-12/h4-6,8H,7H2,1-3H3,(H,16,19)(H,14,15,17). The van der Waals surface area contributed by atoms with E-state index in [2.05, 4.69) is 20.5 Å². The van der Waals surface area contributed by atoms with Crippen LogP contribution in [0.1, 0.15) is 16.2 Å². The first-order valence-corrected chi connectivity index (χ1v) is 6.08. The predicted octanol–water partition coefficient (Wildman–Crippen LogP) is 1.13. The van der Waals surface area contributed by atoms with Crippen LogP contribution in [0.4, 0.5) is 5.69 Å². The van der Waals surface area contributed by atoms with E-state index >= 15 is 0 Å². The zero-order chi connectivity index (χ0) is 14.5. The van der Waals surface area contributed by atoms with Crippen LogP contribution in [0.2, 0.25) is 0 Å². The molecule has 0 aliphatic heterocycles. The molecule has 0 fully saturated rings. The van der Waals surface area contributed by atoms with Gasteiger partial charge in [-0.3, -0.25) is 9.89 Å². The molecule has 0 saturated heterocycles. The number of carbonyl (C=O) groups excluding carboxylic acids is 1. The molecule has 106 valence electrons. The number of carbonyl (C=O) groups is 1. The largest absolute Gasteiger partial charge is 0.495 e. The summed E-state index contributed by atoms with van der Waals surface area (Å²) in [6.07, 6.45) is 1.29. The van der Waals surface area contributed by atoms with Crippen molar-refractivity contribution in [1.82, 2.24) is 20.1 Å². The van der Waals surface area contributed by atoms with Gasteiger partial charge in [0.25, 0.3) is 5.91 Å². The van der Waals surface area contributed by atoms with Crippen LogP contribution in [0, 0.1) is 0 Å². The number of aromatic nitrogens is 3. The highest BCUT2D eigenvalue weighted by molar-refractivity contribution is 6.02. The summed E-state index contributed by atoms with van der Waals surface area (Å²) in [7, 11) is 5.53. The van der Waals surface area contributed by atoms with Crippen molar-refractivity contribution in [1.29, 1.82) is 0 Å². The number of hydrogen-bond donors (Lipinski definition) is 2. The van der Waals surface area contributed by atoms with Gasteiger partial charge in [-0.05, 0) is 31.8 Å². The number of methoxy groups -OCH3 is 1. The zero-order valence-electron chi connectivity index (χ0n) is 11.7. The Morgan fingerprint density at radius 3 is 2.85 bits per heavy atom. The van der Waals surface area contributed by atoms with Crippen LogP contribution in [0.15, 0.2) is 24.5 Å². The van der Waals surface area contributed by atoms with Crippen molar-refractivity contribution < 1.29 is 9.53 Å². The summed E-state index contributed by atoms with van der Waals surface area (Å²) in [6, 6.07) is 5.67. The number of anilines is 1. The molecule has 7 heteroatoms. The maximum Gasteiger partial charge on any atom is 0.293 e. The Labute approximate surface area is 117 Å². The van der Waals surface area contributed by atoms with Crippen LogP contribution >= 0.6 is 0 Å². The van der Waals surface area contributed by atoms with Crippen LogP contribution in [-0.4, -0.2) is 47.2 Å². The van der Waals surface area contributed by atoms with Crippen molar-refractivity contribution >= 4 is 11.6 Å². The predicted molar refractivity (Wildman–Crippen MR) is 74.7 cm³/mol. The summed E-state index contributed by atoms with van der Waals surface area (Å²) >= 11 is 0. The quantitative estimate of drug-likeness (QED) is 0.854. The highest BCUT2D eigenvalue weighted by Crippen LogP contribution is 2.26. The number of H-pyrrole nitrogens is 1. The molecule has 0 bridgehead atoms. The van der Waals surface area contributed by atoms with E-state index < -0.39 is 0 Å². The number of benzene rings is 1. The van der Waals surface area contributed by atoms with E-state index in [1.807, 2.05) is 37.2 Å². The molecule has 1 amide bonds. The topological polar surface area (TPSA) is 83.1 Å².